The van der Waals surface area contributed by atoms with Gasteiger partial charge in [0, 0.05) is 12.7 Å². The number of Topliss-reactive ketones (excluding diaryl/α,β-unsaturated/α-hetero) is 1. The molecule has 18 heavy (non-hydrogen) atoms. The van der Waals surface area contributed by atoms with Gasteiger partial charge in [0.05, 0.1) is 11.8 Å². The van der Waals surface area contributed by atoms with Gasteiger partial charge in [-0.3, -0.25) is 4.79 Å². The summed E-state index contributed by atoms with van der Waals surface area (Å²) in [6.07, 6.45) is 1.59. The maximum absolute atomic E-state index is 11.9. The van der Waals surface area contributed by atoms with Gasteiger partial charge in [0.25, 0.3) is 0 Å². The Hall–Kier alpha value is -1.20. The monoisotopic (exact) mass is 269 g/mol. The number of carbonyl (C=O) groups excluding carboxylic acids is 1. The quantitative estimate of drug-likeness (QED) is 0.831. The van der Waals surface area contributed by atoms with Crippen molar-refractivity contribution >= 4 is 15.6 Å². The number of carbonyl (C=O) groups is 1. The van der Waals surface area contributed by atoms with Gasteiger partial charge in [0.1, 0.15) is 9.84 Å². The summed E-state index contributed by atoms with van der Waals surface area (Å²) in [6, 6.07) is 6.89. The van der Waals surface area contributed by atoms with Gasteiger partial charge in [-0.2, -0.15) is 0 Å². The Bertz CT molecular complexity index is 523. The molecule has 2 N–H and O–H groups in total. The molecule has 0 aromatic heterocycles. The highest BCUT2D eigenvalue weighted by atomic mass is 32.2. The van der Waals surface area contributed by atoms with Crippen LogP contribution in [0.15, 0.2) is 24.3 Å². The Balaban J connectivity index is 2.58. The zero-order valence-corrected chi connectivity index (χ0v) is 11.5. The minimum atomic E-state index is -3.07. The van der Waals surface area contributed by atoms with E-state index in [1.165, 1.54) is 0 Å². The zero-order chi connectivity index (χ0) is 13.8. The molecule has 0 aliphatic rings. The van der Waals surface area contributed by atoms with Crippen LogP contribution < -0.4 is 5.73 Å². The fourth-order valence-corrected chi connectivity index (χ4v) is 2.31. The first-order valence-electron chi connectivity index (χ1n) is 5.80. The molecule has 100 valence electrons. The van der Waals surface area contributed by atoms with E-state index in [-0.39, 0.29) is 24.4 Å². The molecule has 1 rings (SSSR count). The molecule has 0 radical (unpaired) electrons. The molecule has 0 bridgehead atoms. The SMILES string of the molecule is Cc1ccccc1CC(=O)C(N)CCS(C)(=O)=O. The summed E-state index contributed by atoms with van der Waals surface area (Å²) in [7, 11) is -3.07. The van der Waals surface area contributed by atoms with Crippen molar-refractivity contribution in [2.75, 3.05) is 12.0 Å². The van der Waals surface area contributed by atoms with E-state index in [0.717, 1.165) is 17.4 Å². The van der Waals surface area contributed by atoms with Crippen molar-refractivity contribution in [3.63, 3.8) is 0 Å². The molecule has 1 atom stereocenters. The molecule has 4 nitrogen and oxygen atoms in total. The van der Waals surface area contributed by atoms with Gasteiger partial charge in [0.15, 0.2) is 5.78 Å². The highest BCUT2D eigenvalue weighted by Crippen LogP contribution is 2.09. The summed E-state index contributed by atoms with van der Waals surface area (Å²) in [5.41, 5.74) is 7.69. The predicted molar refractivity (Wildman–Crippen MR) is 72.2 cm³/mol. The second-order valence-electron chi connectivity index (χ2n) is 4.59. The van der Waals surface area contributed by atoms with Gasteiger partial charge < -0.3 is 5.73 Å². The van der Waals surface area contributed by atoms with Gasteiger partial charge in [0.2, 0.25) is 0 Å². The largest absolute Gasteiger partial charge is 0.321 e. The number of hydrogen-bond acceptors (Lipinski definition) is 4. The van der Waals surface area contributed by atoms with E-state index >= 15 is 0 Å². The van der Waals surface area contributed by atoms with E-state index in [1.54, 1.807) is 0 Å². The average Bonchev–Trinajstić information content (AvgIpc) is 2.28. The first-order chi connectivity index (χ1) is 8.29. The maximum Gasteiger partial charge on any atom is 0.153 e. The first kappa shape index (κ1) is 14.9. The molecular formula is C13H19NO3S. The smallest absolute Gasteiger partial charge is 0.153 e. The van der Waals surface area contributed by atoms with Crippen LogP contribution in [-0.2, 0) is 21.1 Å². The van der Waals surface area contributed by atoms with Crippen LogP contribution in [0.3, 0.4) is 0 Å². The van der Waals surface area contributed by atoms with Gasteiger partial charge >= 0.3 is 0 Å². The number of sulfone groups is 1. The Morgan fingerprint density at radius 1 is 1.33 bits per heavy atom. The van der Waals surface area contributed by atoms with Crippen LogP contribution in [0.4, 0.5) is 0 Å². The molecule has 1 aromatic rings. The topological polar surface area (TPSA) is 77.2 Å². The molecule has 0 heterocycles. The molecular weight excluding hydrogens is 250 g/mol. The van der Waals surface area contributed by atoms with Crippen LogP contribution in [0, 0.1) is 6.92 Å². The minimum absolute atomic E-state index is 0.0479. The molecule has 5 heteroatoms. The van der Waals surface area contributed by atoms with Crippen LogP contribution in [0.25, 0.3) is 0 Å². The average molecular weight is 269 g/mol. The highest BCUT2D eigenvalue weighted by Gasteiger charge is 2.16. The van der Waals surface area contributed by atoms with Gasteiger partial charge in [-0.15, -0.1) is 0 Å². The summed E-state index contributed by atoms with van der Waals surface area (Å²) in [4.78, 5) is 11.9. The fourth-order valence-electron chi connectivity index (χ4n) is 1.63. The van der Waals surface area contributed by atoms with Crippen molar-refractivity contribution in [1.82, 2.24) is 0 Å². The molecule has 0 fully saturated rings. The third kappa shape index (κ3) is 4.98. The summed E-state index contributed by atoms with van der Waals surface area (Å²) in [5.74, 6) is -0.166. The van der Waals surface area contributed by atoms with Crippen molar-refractivity contribution in [3.05, 3.63) is 35.4 Å². The van der Waals surface area contributed by atoms with E-state index in [1.807, 2.05) is 31.2 Å². The molecule has 0 aliphatic heterocycles. The Morgan fingerprint density at radius 3 is 2.50 bits per heavy atom. The molecule has 1 unspecified atom stereocenters. The highest BCUT2D eigenvalue weighted by molar-refractivity contribution is 7.90. The lowest BCUT2D eigenvalue weighted by molar-refractivity contribution is -0.119. The van der Waals surface area contributed by atoms with Crippen molar-refractivity contribution in [2.45, 2.75) is 25.8 Å². The predicted octanol–water partition coefficient (Wildman–Crippen LogP) is 0.869. The van der Waals surface area contributed by atoms with E-state index in [9.17, 15) is 13.2 Å². The van der Waals surface area contributed by atoms with E-state index in [0.29, 0.717) is 0 Å². The molecule has 0 amide bonds. The van der Waals surface area contributed by atoms with Crippen LogP contribution >= 0.6 is 0 Å². The third-order valence-corrected chi connectivity index (χ3v) is 3.82. The van der Waals surface area contributed by atoms with Crippen molar-refractivity contribution in [3.8, 4) is 0 Å². The van der Waals surface area contributed by atoms with Crippen LogP contribution in [-0.4, -0.2) is 32.3 Å². The number of ketones is 1. The summed E-state index contributed by atoms with van der Waals surface area (Å²) in [6.45, 7) is 1.94. The molecule has 0 saturated heterocycles. The summed E-state index contributed by atoms with van der Waals surface area (Å²) < 4.78 is 22.0. The zero-order valence-electron chi connectivity index (χ0n) is 10.7. The van der Waals surface area contributed by atoms with Crippen molar-refractivity contribution < 1.29 is 13.2 Å². The van der Waals surface area contributed by atoms with Crippen LogP contribution in [0.2, 0.25) is 0 Å². The maximum atomic E-state index is 11.9. The van der Waals surface area contributed by atoms with Crippen molar-refractivity contribution in [1.29, 1.82) is 0 Å². The number of benzene rings is 1. The summed E-state index contributed by atoms with van der Waals surface area (Å²) >= 11 is 0. The lowest BCUT2D eigenvalue weighted by atomic mass is 9.99. The van der Waals surface area contributed by atoms with Gasteiger partial charge in [-0.1, -0.05) is 24.3 Å². The molecule has 0 saturated carbocycles. The summed E-state index contributed by atoms with van der Waals surface area (Å²) in [5, 5.41) is 0. The van der Waals surface area contributed by atoms with E-state index in [2.05, 4.69) is 0 Å². The van der Waals surface area contributed by atoms with Gasteiger partial charge in [-0.05, 0) is 24.5 Å². The number of aryl methyl sites for hydroxylation is 1. The Kier molecular flexibility index (Phi) is 5.04. The third-order valence-electron chi connectivity index (χ3n) is 2.84. The lowest BCUT2D eigenvalue weighted by Crippen LogP contribution is -2.33. The van der Waals surface area contributed by atoms with Crippen LogP contribution in [0.1, 0.15) is 17.5 Å². The normalized spacial score (nSPS) is 13.3. The Labute approximate surface area is 108 Å². The van der Waals surface area contributed by atoms with Crippen molar-refractivity contribution in [2.24, 2.45) is 5.73 Å². The second kappa shape index (κ2) is 6.11. The number of nitrogens with two attached hydrogens (primary N) is 1. The fraction of sp³-hybridized carbons (Fsp3) is 0.462. The van der Waals surface area contributed by atoms with Crippen LogP contribution in [0.5, 0.6) is 0 Å². The standard InChI is InChI=1S/C13H19NO3S/c1-10-5-3-4-6-11(10)9-13(15)12(14)7-8-18(2,16)17/h3-6,12H,7-9,14H2,1-2H3. The molecule has 1 aromatic carbocycles. The first-order valence-corrected chi connectivity index (χ1v) is 7.86. The molecule has 0 aliphatic carbocycles. The lowest BCUT2D eigenvalue weighted by Gasteiger charge is -2.11. The number of rotatable bonds is 6. The second-order valence-corrected chi connectivity index (χ2v) is 6.85. The Morgan fingerprint density at radius 2 is 1.94 bits per heavy atom. The minimum Gasteiger partial charge on any atom is -0.321 e. The van der Waals surface area contributed by atoms with E-state index < -0.39 is 15.9 Å². The molecule has 0 spiro atoms. The van der Waals surface area contributed by atoms with Gasteiger partial charge in [-0.25, -0.2) is 8.42 Å². The van der Waals surface area contributed by atoms with E-state index in [4.69, 9.17) is 5.73 Å². The number of hydrogen-bond donors (Lipinski definition) is 1.